The van der Waals surface area contributed by atoms with E-state index in [1.165, 1.54) is 23.1 Å². The van der Waals surface area contributed by atoms with E-state index in [0.29, 0.717) is 22.1 Å². The number of benzene rings is 1. The lowest BCUT2D eigenvalue weighted by Gasteiger charge is -2.13. The predicted molar refractivity (Wildman–Crippen MR) is 111 cm³/mol. The van der Waals surface area contributed by atoms with Crippen molar-refractivity contribution in [3.05, 3.63) is 35.5 Å². The number of hydrogen-bond donors (Lipinski definition) is 3. The molecule has 1 saturated carbocycles. The number of carboxylic acids is 1. The lowest BCUT2D eigenvalue weighted by molar-refractivity contribution is -0.136. The fourth-order valence-electron chi connectivity index (χ4n) is 3.27. The second-order valence-corrected chi connectivity index (χ2v) is 8.57. The molecule has 0 atom stereocenters. The summed E-state index contributed by atoms with van der Waals surface area (Å²) in [5, 5.41) is 14.6. The van der Waals surface area contributed by atoms with E-state index in [-0.39, 0.29) is 18.1 Å². The highest BCUT2D eigenvalue weighted by molar-refractivity contribution is 8.00. The van der Waals surface area contributed by atoms with E-state index in [9.17, 15) is 14.4 Å². The quantitative estimate of drug-likeness (QED) is 0.450. The van der Waals surface area contributed by atoms with Gasteiger partial charge in [0.2, 0.25) is 0 Å². The summed E-state index contributed by atoms with van der Waals surface area (Å²) in [7, 11) is 0. The van der Waals surface area contributed by atoms with Crippen molar-refractivity contribution in [2.24, 2.45) is 5.92 Å². The molecule has 2 amide bonds. The molecule has 2 aromatic rings. The molecule has 9 heteroatoms. The van der Waals surface area contributed by atoms with Crippen molar-refractivity contribution in [2.75, 3.05) is 16.9 Å². The van der Waals surface area contributed by atoms with Crippen LogP contribution in [0.25, 0.3) is 0 Å². The highest BCUT2D eigenvalue weighted by atomic mass is 32.2. The summed E-state index contributed by atoms with van der Waals surface area (Å²) in [6.07, 6.45) is 5.53. The zero-order chi connectivity index (χ0) is 20.1. The molecule has 28 heavy (non-hydrogen) atoms. The molecular formula is C19H21N3O4S2. The SMILES string of the molecule is CSc1sc(NC(=O)Nc2ccccc2C(=O)C2CCCC2)nc1CC(=O)O. The molecule has 1 aromatic heterocycles. The molecule has 1 aliphatic carbocycles. The molecule has 0 unspecified atom stereocenters. The van der Waals surface area contributed by atoms with Crippen molar-refractivity contribution in [1.29, 1.82) is 0 Å². The number of rotatable bonds is 7. The van der Waals surface area contributed by atoms with Gasteiger partial charge in [0.05, 0.1) is 22.0 Å². The number of anilines is 2. The second-order valence-electron chi connectivity index (χ2n) is 6.50. The van der Waals surface area contributed by atoms with Crippen LogP contribution in [0.5, 0.6) is 0 Å². The Morgan fingerprint density at radius 1 is 1.21 bits per heavy atom. The molecule has 3 N–H and O–H groups in total. The summed E-state index contributed by atoms with van der Waals surface area (Å²) < 4.78 is 0.745. The molecule has 0 bridgehead atoms. The van der Waals surface area contributed by atoms with Crippen LogP contribution in [0.15, 0.2) is 28.5 Å². The number of Topliss-reactive ketones (excluding diaryl/α,β-unsaturated/α-hetero) is 1. The van der Waals surface area contributed by atoms with Crippen molar-refractivity contribution >= 4 is 51.7 Å². The third-order valence-corrected chi connectivity index (χ3v) is 6.72. The Morgan fingerprint density at radius 3 is 2.61 bits per heavy atom. The van der Waals surface area contributed by atoms with E-state index in [2.05, 4.69) is 15.6 Å². The van der Waals surface area contributed by atoms with E-state index >= 15 is 0 Å². The first-order valence-electron chi connectivity index (χ1n) is 8.94. The number of nitrogens with one attached hydrogen (secondary N) is 2. The Kier molecular flexibility index (Phi) is 6.69. The van der Waals surface area contributed by atoms with Gasteiger partial charge in [-0.2, -0.15) is 0 Å². The molecule has 148 valence electrons. The first-order chi connectivity index (χ1) is 13.5. The van der Waals surface area contributed by atoms with Crippen LogP contribution in [0.3, 0.4) is 0 Å². The number of aliphatic carboxylic acids is 1. The smallest absolute Gasteiger partial charge is 0.325 e. The van der Waals surface area contributed by atoms with E-state index in [1.807, 2.05) is 6.26 Å². The van der Waals surface area contributed by atoms with Gasteiger partial charge in [0.1, 0.15) is 0 Å². The number of urea groups is 1. The minimum atomic E-state index is -0.976. The average Bonchev–Trinajstić information content (AvgIpc) is 3.31. The van der Waals surface area contributed by atoms with E-state index in [4.69, 9.17) is 5.11 Å². The third-order valence-electron chi connectivity index (χ3n) is 4.55. The number of carbonyl (C=O) groups excluding carboxylic acids is 2. The fraction of sp³-hybridized carbons (Fsp3) is 0.368. The van der Waals surface area contributed by atoms with Crippen LogP contribution in [-0.4, -0.2) is 34.1 Å². The molecular weight excluding hydrogens is 398 g/mol. The fourth-order valence-corrected chi connectivity index (χ4v) is 4.91. The predicted octanol–water partition coefficient (Wildman–Crippen LogP) is 4.51. The van der Waals surface area contributed by atoms with Gasteiger partial charge in [0.25, 0.3) is 0 Å². The van der Waals surface area contributed by atoms with Gasteiger partial charge < -0.3 is 10.4 Å². The minimum Gasteiger partial charge on any atom is -0.481 e. The number of amides is 2. The Bertz CT molecular complexity index is 891. The number of nitrogens with zero attached hydrogens (tertiary/aromatic N) is 1. The van der Waals surface area contributed by atoms with Crippen LogP contribution in [0.4, 0.5) is 15.6 Å². The highest BCUT2D eigenvalue weighted by Gasteiger charge is 2.26. The summed E-state index contributed by atoms with van der Waals surface area (Å²) in [4.78, 5) is 40.3. The Hall–Kier alpha value is -2.39. The molecule has 0 aliphatic heterocycles. The number of carboxylic acid groups (broad SMARTS) is 1. The van der Waals surface area contributed by atoms with Crippen molar-refractivity contribution in [2.45, 2.75) is 36.3 Å². The molecule has 1 fully saturated rings. The number of thiazole rings is 1. The number of thioether (sulfide) groups is 1. The van der Waals surface area contributed by atoms with Gasteiger partial charge in [0.15, 0.2) is 10.9 Å². The first-order valence-corrected chi connectivity index (χ1v) is 11.0. The van der Waals surface area contributed by atoms with Crippen molar-refractivity contribution in [3.8, 4) is 0 Å². The Morgan fingerprint density at radius 2 is 1.93 bits per heavy atom. The summed E-state index contributed by atoms with van der Waals surface area (Å²) >= 11 is 2.61. The maximum Gasteiger partial charge on any atom is 0.325 e. The Balaban J connectivity index is 1.71. The lowest BCUT2D eigenvalue weighted by atomic mass is 9.95. The molecule has 0 spiro atoms. The summed E-state index contributed by atoms with van der Waals surface area (Å²) in [6, 6.07) is 6.47. The second kappa shape index (κ2) is 9.20. The average molecular weight is 420 g/mol. The number of carbonyl (C=O) groups is 3. The van der Waals surface area contributed by atoms with E-state index in [1.54, 1.807) is 24.3 Å². The number of aromatic nitrogens is 1. The maximum atomic E-state index is 12.8. The number of ketones is 1. The molecule has 1 heterocycles. The van der Waals surface area contributed by atoms with Crippen molar-refractivity contribution < 1.29 is 19.5 Å². The molecule has 0 saturated heterocycles. The van der Waals surface area contributed by atoms with Crippen LogP contribution in [-0.2, 0) is 11.2 Å². The van der Waals surface area contributed by atoms with E-state index < -0.39 is 12.0 Å². The van der Waals surface area contributed by atoms with Gasteiger partial charge in [-0.3, -0.25) is 14.9 Å². The van der Waals surface area contributed by atoms with Gasteiger partial charge in [-0.1, -0.05) is 36.3 Å². The van der Waals surface area contributed by atoms with Crippen molar-refractivity contribution in [3.63, 3.8) is 0 Å². The zero-order valence-corrected chi connectivity index (χ0v) is 17.0. The van der Waals surface area contributed by atoms with Gasteiger partial charge in [-0.25, -0.2) is 9.78 Å². The van der Waals surface area contributed by atoms with Crippen LogP contribution in [0.1, 0.15) is 41.7 Å². The topological polar surface area (TPSA) is 108 Å². The zero-order valence-electron chi connectivity index (χ0n) is 15.4. The summed E-state index contributed by atoms with van der Waals surface area (Å²) in [6.45, 7) is 0. The lowest BCUT2D eigenvalue weighted by Crippen LogP contribution is -2.22. The van der Waals surface area contributed by atoms with E-state index in [0.717, 1.165) is 29.9 Å². The van der Waals surface area contributed by atoms with Gasteiger partial charge in [0, 0.05) is 11.5 Å². The van der Waals surface area contributed by atoms with Gasteiger partial charge >= 0.3 is 12.0 Å². The Labute approximate surface area is 170 Å². The van der Waals surface area contributed by atoms with Crippen molar-refractivity contribution in [1.82, 2.24) is 4.98 Å². The van der Waals surface area contributed by atoms with Gasteiger partial charge in [-0.15, -0.1) is 11.8 Å². The van der Waals surface area contributed by atoms with Crippen LogP contribution in [0, 0.1) is 5.92 Å². The third kappa shape index (κ3) is 4.90. The standard InChI is InChI=1S/C19H21N3O4S2/c1-27-17-14(10-15(23)24)21-19(28-17)22-18(26)20-13-9-5-4-8-12(13)16(25)11-6-2-3-7-11/h4-5,8-9,11H,2-3,6-7,10H2,1H3,(H,23,24)(H2,20,21,22,26). The number of hydrogen-bond acceptors (Lipinski definition) is 6. The summed E-state index contributed by atoms with van der Waals surface area (Å²) in [5.74, 6) is -0.889. The number of para-hydroxylation sites is 1. The first kappa shape index (κ1) is 20.3. The normalized spacial score (nSPS) is 14.0. The molecule has 0 radical (unpaired) electrons. The monoisotopic (exact) mass is 419 g/mol. The largest absolute Gasteiger partial charge is 0.481 e. The molecule has 1 aliphatic rings. The highest BCUT2D eigenvalue weighted by Crippen LogP contribution is 2.32. The molecule has 3 rings (SSSR count). The van der Waals surface area contributed by atoms with Gasteiger partial charge in [-0.05, 0) is 31.2 Å². The molecule has 1 aromatic carbocycles. The molecule has 7 nitrogen and oxygen atoms in total. The van der Waals surface area contributed by atoms with Crippen LogP contribution in [0.2, 0.25) is 0 Å². The maximum absolute atomic E-state index is 12.8. The summed E-state index contributed by atoms with van der Waals surface area (Å²) in [5.41, 5.74) is 1.40. The van der Waals surface area contributed by atoms with Crippen LogP contribution < -0.4 is 10.6 Å². The van der Waals surface area contributed by atoms with Crippen LogP contribution >= 0.6 is 23.1 Å². The minimum absolute atomic E-state index is 0.0210.